The van der Waals surface area contributed by atoms with E-state index >= 15 is 0 Å². The van der Waals surface area contributed by atoms with Crippen LogP contribution >= 0.6 is 23.2 Å². The third kappa shape index (κ3) is 3.11. The number of aromatic nitrogens is 1. The third-order valence-corrected chi connectivity index (χ3v) is 3.33. The van der Waals surface area contributed by atoms with Crippen molar-refractivity contribution in [2.45, 2.75) is 19.9 Å². The Morgan fingerprint density at radius 3 is 2.65 bits per heavy atom. The molecule has 0 fully saturated rings. The Labute approximate surface area is 124 Å². The van der Waals surface area contributed by atoms with Crippen LogP contribution in [0, 0.1) is 12.7 Å². The van der Waals surface area contributed by atoms with E-state index in [-0.39, 0.29) is 15.7 Å². The normalized spacial score (nSPS) is 12.2. The highest BCUT2D eigenvalue weighted by Crippen LogP contribution is 2.28. The van der Waals surface area contributed by atoms with Crippen LogP contribution in [0.15, 0.2) is 22.7 Å². The fourth-order valence-electron chi connectivity index (χ4n) is 1.69. The predicted molar refractivity (Wildman–Crippen MR) is 73.5 cm³/mol. The van der Waals surface area contributed by atoms with Crippen LogP contribution in [0.4, 0.5) is 4.39 Å². The van der Waals surface area contributed by atoms with Gasteiger partial charge in [-0.05, 0) is 31.5 Å². The summed E-state index contributed by atoms with van der Waals surface area (Å²) in [5.74, 6) is -0.497. The van der Waals surface area contributed by atoms with Crippen molar-refractivity contribution in [1.82, 2.24) is 10.5 Å². The molecule has 0 saturated heterocycles. The van der Waals surface area contributed by atoms with Crippen molar-refractivity contribution in [1.29, 1.82) is 0 Å². The van der Waals surface area contributed by atoms with Crippen molar-refractivity contribution >= 4 is 29.1 Å². The third-order valence-electron chi connectivity index (χ3n) is 2.71. The second-order valence-corrected chi connectivity index (χ2v) is 5.12. The summed E-state index contributed by atoms with van der Waals surface area (Å²) in [6.07, 6.45) is 0. The molecule has 20 heavy (non-hydrogen) atoms. The molecule has 106 valence electrons. The number of amides is 1. The molecule has 0 radical (unpaired) electrons. The van der Waals surface area contributed by atoms with Gasteiger partial charge >= 0.3 is 0 Å². The van der Waals surface area contributed by atoms with E-state index in [4.69, 9.17) is 27.7 Å². The zero-order chi connectivity index (χ0) is 14.9. The molecule has 4 nitrogen and oxygen atoms in total. The van der Waals surface area contributed by atoms with Crippen molar-refractivity contribution in [2.75, 3.05) is 0 Å². The number of carbonyl (C=O) groups is 1. The lowest BCUT2D eigenvalue weighted by atomic mass is 10.1. The van der Waals surface area contributed by atoms with Gasteiger partial charge in [0, 0.05) is 11.1 Å². The number of carbonyl (C=O) groups excluding carboxylic acids is 1. The molecule has 0 unspecified atom stereocenters. The van der Waals surface area contributed by atoms with Crippen molar-refractivity contribution in [3.05, 3.63) is 51.1 Å². The lowest BCUT2D eigenvalue weighted by Gasteiger charge is -2.15. The van der Waals surface area contributed by atoms with E-state index in [2.05, 4.69) is 10.5 Å². The van der Waals surface area contributed by atoms with E-state index in [1.807, 2.05) is 0 Å². The van der Waals surface area contributed by atoms with E-state index in [1.54, 1.807) is 13.8 Å². The Hall–Kier alpha value is -1.59. The smallest absolute Gasteiger partial charge is 0.273 e. The molecule has 1 N–H and O–H groups in total. The van der Waals surface area contributed by atoms with Crippen LogP contribution in [0.3, 0.4) is 0 Å². The van der Waals surface area contributed by atoms with E-state index in [0.29, 0.717) is 11.3 Å². The van der Waals surface area contributed by atoms with Crippen LogP contribution in [0.5, 0.6) is 0 Å². The first-order valence-electron chi connectivity index (χ1n) is 5.77. The molecule has 0 saturated carbocycles. The van der Waals surface area contributed by atoms with Gasteiger partial charge in [-0.1, -0.05) is 28.4 Å². The maximum Gasteiger partial charge on any atom is 0.273 e. The van der Waals surface area contributed by atoms with Gasteiger partial charge in [0.1, 0.15) is 11.6 Å². The van der Waals surface area contributed by atoms with Gasteiger partial charge in [-0.2, -0.15) is 0 Å². The first kappa shape index (κ1) is 14.8. The van der Waals surface area contributed by atoms with Gasteiger partial charge in [-0.15, -0.1) is 0 Å². The van der Waals surface area contributed by atoms with Gasteiger partial charge in [-0.3, -0.25) is 4.79 Å². The lowest BCUT2D eigenvalue weighted by molar-refractivity contribution is 0.0930. The minimum atomic E-state index is -0.593. The number of hydrogen-bond acceptors (Lipinski definition) is 3. The molecule has 7 heteroatoms. The van der Waals surface area contributed by atoms with Crippen LogP contribution in [0.1, 0.15) is 34.8 Å². The van der Waals surface area contributed by atoms with Gasteiger partial charge in [0.25, 0.3) is 5.91 Å². The summed E-state index contributed by atoms with van der Waals surface area (Å²) >= 11 is 11.6. The quantitative estimate of drug-likeness (QED) is 0.873. The Morgan fingerprint density at radius 1 is 1.35 bits per heavy atom. The zero-order valence-corrected chi connectivity index (χ0v) is 12.2. The van der Waals surface area contributed by atoms with E-state index < -0.39 is 17.8 Å². The summed E-state index contributed by atoms with van der Waals surface area (Å²) in [7, 11) is 0. The van der Waals surface area contributed by atoms with Gasteiger partial charge in [0.05, 0.1) is 11.1 Å². The number of hydrogen-bond donors (Lipinski definition) is 1. The topological polar surface area (TPSA) is 55.1 Å². The van der Waals surface area contributed by atoms with Gasteiger partial charge in [-0.25, -0.2) is 4.39 Å². The molecule has 2 rings (SSSR count). The number of nitrogens with one attached hydrogen (secondary N) is 1. The maximum absolute atomic E-state index is 13.5. The summed E-state index contributed by atoms with van der Waals surface area (Å²) in [5, 5.41) is 6.47. The summed E-state index contributed by atoms with van der Waals surface area (Å²) in [4.78, 5) is 11.9. The largest absolute Gasteiger partial charge is 0.361 e. The second-order valence-electron chi connectivity index (χ2n) is 4.31. The summed E-state index contributed by atoms with van der Waals surface area (Å²) < 4.78 is 18.3. The Morgan fingerprint density at radius 2 is 2.05 bits per heavy atom. The van der Waals surface area contributed by atoms with E-state index in [1.165, 1.54) is 18.2 Å². The molecule has 0 aliphatic carbocycles. The highest BCUT2D eigenvalue weighted by Gasteiger charge is 2.18. The molecule has 0 spiro atoms. The Balaban J connectivity index is 2.18. The van der Waals surface area contributed by atoms with Crippen molar-refractivity contribution in [3.8, 4) is 0 Å². The summed E-state index contributed by atoms with van der Waals surface area (Å²) in [6.45, 7) is 3.36. The Kier molecular flexibility index (Phi) is 4.30. The average molecular weight is 317 g/mol. The lowest BCUT2D eigenvalue weighted by Crippen LogP contribution is -2.27. The fourth-order valence-corrected chi connectivity index (χ4v) is 2.24. The number of halogens is 3. The number of aryl methyl sites for hydroxylation is 1. The van der Waals surface area contributed by atoms with Crippen LogP contribution in [0.2, 0.25) is 10.0 Å². The van der Waals surface area contributed by atoms with Crippen molar-refractivity contribution in [2.24, 2.45) is 0 Å². The maximum atomic E-state index is 13.5. The molecular formula is C13H11Cl2FN2O2. The monoisotopic (exact) mass is 316 g/mol. The van der Waals surface area contributed by atoms with Gasteiger partial charge in [0.15, 0.2) is 5.69 Å². The average Bonchev–Trinajstić information content (AvgIpc) is 2.80. The molecule has 2 aromatic rings. The fraction of sp³-hybridized carbons (Fsp3) is 0.231. The predicted octanol–water partition coefficient (Wildman–Crippen LogP) is 3.92. The van der Waals surface area contributed by atoms with Crippen LogP contribution < -0.4 is 5.32 Å². The first-order chi connectivity index (χ1) is 9.38. The SMILES string of the molecule is Cc1cc(C(=O)N[C@@H](C)c2cc(F)c(Cl)cc2Cl)no1. The van der Waals surface area contributed by atoms with Crippen LogP contribution in [0.25, 0.3) is 0 Å². The molecule has 0 bridgehead atoms. The standard InChI is InChI=1S/C13H11Cl2FN2O2/c1-6-3-12(18-20-6)13(19)17-7(2)8-4-11(16)10(15)5-9(8)14/h3-5,7H,1-2H3,(H,17,19)/t7-/m0/s1. The highest BCUT2D eigenvalue weighted by atomic mass is 35.5. The molecule has 1 atom stereocenters. The second kappa shape index (κ2) is 5.81. The minimum Gasteiger partial charge on any atom is -0.361 e. The summed E-state index contributed by atoms with van der Waals surface area (Å²) in [6, 6.07) is 3.51. The molecule has 1 aromatic carbocycles. The Bertz CT molecular complexity index is 658. The van der Waals surface area contributed by atoms with Crippen molar-refractivity contribution < 1.29 is 13.7 Å². The molecule has 1 amide bonds. The van der Waals surface area contributed by atoms with Crippen molar-refractivity contribution in [3.63, 3.8) is 0 Å². The minimum absolute atomic E-state index is 0.0654. The molecule has 1 heterocycles. The number of benzene rings is 1. The highest BCUT2D eigenvalue weighted by molar-refractivity contribution is 6.35. The van der Waals surface area contributed by atoms with E-state index in [9.17, 15) is 9.18 Å². The zero-order valence-electron chi connectivity index (χ0n) is 10.7. The van der Waals surface area contributed by atoms with Crippen LogP contribution in [-0.4, -0.2) is 11.1 Å². The van der Waals surface area contributed by atoms with E-state index in [0.717, 1.165) is 0 Å². The molecule has 0 aliphatic heterocycles. The van der Waals surface area contributed by atoms with Crippen LogP contribution in [-0.2, 0) is 0 Å². The summed E-state index contributed by atoms with van der Waals surface area (Å²) in [5.41, 5.74) is 0.585. The van der Waals surface area contributed by atoms with Gasteiger partial charge in [0.2, 0.25) is 0 Å². The number of rotatable bonds is 3. The molecule has 0 aliphatic rings. The van der Waals surface area contributed by atoms with Gasteiger partial charge < -0.3 is 9.84 Å². The molecule has 1 aromatic heterocycles. The number of nitrogens with zero attached hydrogens (tertiary/aromatic N) is 1. The molecular weight excluding hydrogens is 306 g/mol. The first-order valence-corrected chi connectivity index (χ1v) is 6.52.